The molecule has 0 bridgehead atoms. The number of rotatable bonds is 4. The molecule has 1 aromatic rings. The number of carbonyl (C=O) groups excluding carboxylic acids is 2. The number of hydrogen-bond acceptors (Lipinski definition) is 7. The van der Waals surface area contributed by atoms with Crippen LogP contribution in [-0.4, -0.2) is 70.9 Å². The molecule has 9 nitrogen and oxygen atoms in total. The molecule has 0 aliphatic carbocycles. The van der Waals surface area contributed by atoms with E-state index in [9.17, 15) is 14.9 Å². The van der Waals surface area contributed by atoms with Gasteiger partial charge in [-0.15, -0.1) is 0 Å². The summed E-state index contributed by atoms with van der Waals surface area (Å²) in [4.78, 5) is 27.7. The van der Waals surface area contributed by atoms with E-state index in [4.69, 9.17) is 4.74 Å². The van der Waals surface area contributed by atoms with Crippen LogP contribution in [0.15, 0.2) is 18.2 Å². The van der Waals surface area contributed by atoms with E-state index in [0.717, 1.165) is 11.3 Å². The lowest BCUT2D eigenvalue weighted by molar-refractivity contribution is -0.133. The van der Waals surface area contributed by atoms with Gasteiger partial charge in [0.2, 0.25) is 5.91 Å². The van der Waals surface area contributed by atoms with E-state index in [-0.39, 0.29) is 36.4 Å². The Balaban J connectivity index is 1.43. The molecule has 4 heterocycles. The van der Waals surface area contributed by atoms with Crippen LogP contribution in [0, 0.1) is 17.2 Å². The van der Waals surface area contributed by atoms with Crippen LogP contribution in [0.3, 0.4) is 0 Å². The summed E-state index contributed by atoms with van der Waals surface area (Å²) in [7, 11) is 0. The standard InChI is InChI=1S/C25H33FN6O3/c1-24(2,3)31-13-15-12-16(4-5-17(15)23(31)34)29-21-20-18(6-10-28-22(20)33)32(30-21)25(7-9-27)8-11-35-14-19(25)26/h4-5,12,18-21,29-30H,6-8,10-11,13-14H2,1-3H3,(H,28,33)/t18?,19-,20?,21?,25+/m0/s1. The van der Waals surface area contributed by atoms with Crippen LogP contribution >= 0.6 is 0 Å². The average molecular weight is 485 g/mol. The summed E-state index contributed by atoms with van der Waals surface area (Å²) in [5.74, 6) is -0.545. The maximum absolute atomic E-state index is 15.4. The van der Waals surface area contributed by atoms with Crippen LogP contribution in [0.5, 0.6) is 0 Å². The molecule has 1 aromatic carbocycles. The number of alkyl halides is 1. The molecular weight excluding hydrogens is 451 g/mol. The maximum atomic E-state index is 15.4. The molecule has 0 radical (unpaired) electrons. The van der Waals surface area contributed by atoms with Gasteiger partial charge in [-0.2, -0.15) is 5.26 Å². The molecule has 10 heteroatoms. The monoisotopic (exact) mass is 484 g/mol. The summed E-state index contributed by atoms with van der Waals surface area (Å²) in [5, 5.41) is 17.8. The smallest absolute Gasteiger partial charge is 0.254 e. The second kappa shape index (κ2) is 8.73. The molecule has 0 saturated carbocycles. The fraction of sp³-hybridized carbons (Fsp3) is 0.640. The number of nitrogens with one attached hydrogen (secondary N) is 3. The Morgan fingerprint density at radius 1 is 1.34 bits per heavy atom. The molecule has 0 spiro atoms. The van der Waals surface area contributed by atoms with Crippen LogP contribution in [0.25, 0.3) is 0 Å². The van der Waals surface area contributed by atoms with Gasteiger partial charge in [0, 0.05) is 42.5 Å². The third-order valence-electron chi connectivity index (χ3n) is 7.86. The van der Waals surface area contributed by atoms with Gasteiger partial charge in [0.15, 0.2) is 0 Å². The summed E-state index contributed by atoms with van der Waals surface area (Å²) >= 11 is 0. The topological polar surface area (TPSA) is 110 Å². The zero-order valence-electron chi connectivity index (χ0n) is 20.4. The largest absolute Gasteiger partial charge is 0.378 e. The van der Waals surface area contributed by atoms with Crippen molar-refractivity contribution in [2.24, 2.45) is 5.92 Å². The Morgan fingerprint density at radius 2 is 2.14 bits per heavy atom. The summed E-state index contributed by atoms with van der Waals surface area (Å²) in [6.07, 6.45) is -0.801. The highest BCUT2D eigenvalue weighted by atomic mass is 19.1. The minimum atomic E-state index is -1.35. The van der Waals surface area contributed by atoms with Gasteiger partial charge < -0.3 is 20.3 Å². The molecule has 3 saturated heterocycles. The van der Waals surface area contributed by atoms with Crippen molar-refractivity contribution < 1.29 is 18.7 Å². The SMILES string of the molecule is CC(C)(C)N1Cc2cc(NC3NN([C@]4(CC#N)CCOC[C@@H]4F)C4CCNC(=O)C34)ccc2C1=O. The quantitative estimate of drug-likeness (QED) is 0.599. The zero-order chi connectivity index (χ0) is 25.0. The molecule has 4 aliphatic rings. The Kier molecular flexibility index (Phi) is 5.98. The first kappa shape index (κ1) is 24.0. The normalized spacial score (nSPS) is 33.2. The Labute approximate surface area is 204 Å². The lowest BCUT2D eigenvalue weighted by Gasteiger charge is -2.48. The number of nitrogens with zero attached hydrogens (tertiary/aromatic N) is 3. The van der Waals surface area contributed by atoms with Gasteiger partial charge in [0.1, 0.15) is 12.3 Å². The molecule has 5 rings (SSSR count). The number of hydrazine groups is 1. The van der Waals surface area contributed by atoms with Gasteiger partial charge in [-0.05, 0) is 57.4 Å². The van der Waals surface area contributed by atoms with Crippen molar-refractivity contribution in [3.63, 3.8) is 0 Å². The second-order valence-corrected chi connectivity index (χ2v) is 11.0. The van der Waals surface area contributed by atoms with E-state index in [2.05, 4.69) is 22.1 Å². The Bertz CT molecular complexity index is 1070. The minimum absolute atomic E-state index is 0.00564. The third-order valence-corrected chi connectivity index (χ3v) is 7.86. The highest BCUT2D eigenvalue weighted by Gasteiger charge is 2.58. The van der Waals surface area contributed by atoms with Gasteiger partial charge in [-0.25, -0.2) is 14.8 Å². The fourth-order valence-electron chi connectivity index (χ4n) is 5.96. The van der Waals surface area contributed by atoms with Crippen molar-refractivity contribution in [1.29, 1.82) is 5.26 Å². The molecule has 3 fully saturated rings. The Hall–Kier alpha value is -2.74. The predicted molar refractivity (Wildman–Crippen MR) is 127 cm³/mol. The third kappa shape index (κ3) is 3.96. The first-order chi connectivity index (χ1) is 16.7. The molecule has 188 valence electrons. The number of anilines is 1. The summed E-state index contributed by atoms with van der Waals surface area (Å²) < 4.78 is 20.7. The van der Waals surface area contributed by atoms with E-state index in [1.54, 1.807) is 0 Å². The average Bonchev–Trinajstić information content (AvgIpc) is 3.34. The van der Waals surface area contributed by atoms with Gasteiger partial charge in [0.05, 0.1) is 30.6 Å². The van der Waals surface area contributed by atoms with Crippen LogP contribution in [0.1, 0.15) is 56.0 Å². The van der Waals surface area contributed by atoms with Crippen LogP contribution in [-0.2, 0) is 16.1 Å². The molecule has 2 amide bonds. The second-order valence-electron chi connectivity index (χ2n) is 11.0. The van der Waals surface area contributed by atoms with Gasteiger partial charge >= 0.3 is 0 Å². The zero-order valence-corrected chi connectivity index (χ0v) is 20.4. The fourth-order valence-corrected chi connectivity index (χ4v) is 5.96. The number of nitriles is 1. The van der Waals surface area contributed by atoms with E-state index < -0.39 is 23.8 Å². The van der Waals surface area contributed by atoms with Gasteiger partial charge in [0.25, 0.3) is 5.91 Å². The number of piperidine rings is 1. The van der Waals surface area contributed by atoms with Crippen LogP contribution < -0.4 is 16.1 Å². The highest BCUT2D eigenvalue weighted by molar-refractivity contribution is 5.99. The number of ether oxygens (including phenoxy) is 1. The number of fused-ring (bicyclic) bond motifs is 2. The molecule has 4 aliphatic heterocycles. The lowest BCUT2D eigenvalue weighted by atomic mass is 9.81. The first-order valence-corrected chi connectivity index (χ1v) is 12.3. The van der Waals surface area contributed by atoms with Crippen LogP contribution in [0.2, 0.25) is 0 Å². The molecule has 0 aromatic heterocycles. The first-order valence-electron chi connectivity index (χ1n) is 12.3. The molecular formula is C25H33FN6O3. The van der Waals surface area contributed by atoms with E-state index in [1.807, 2.05) is 48.9 Å². The van der Waals surface area contributed by atoms with Gasteiger partial charge in [-0.3, -0.25) is 9.59 Å². The van der Waals surface area contributed by atoms with Crippen molar-refractivity contribution in [1.82, 2.24) is 20.7 Å². The summed E-state index contributed by atoms with van der Waals surface area (Å²) in [6, 6.07) is 7.55. The minimum Gasteiger partial charge on any atom is -0.378 e. The van der Waals surface area contributed by atoms with Crippen molar-refractivity contribution in [3.05, 3.63) is 29.3 Å². The molecule has 5 atom stereocenters. The number of amides is 2. The summed E-state index contributed by atoms with van der Waals surface area (Å²) in [6.45, 7) is 7.38. The molecule has 3 N–H and O–H groups in total. The Morgan fingerprint density at radius 3 is 2.86 bits per heavy atom. The van der Waals surface area contributed by atoms with Crippen LogP contribution in [0.4, 0.5) is 10.1 Å². The lowest BCUT2D eigenvalue weighted by Crippen LogP contribution is -2.65. The summed E-state index contributed by atoms with van der Waals surface area (Å²) in [5.41, 5.74) is 4.45. The molecule has 3 unspecified atom stereocenters. The van der Waals surface area contributed by atoms with Crippen molar-refractivity contribution >= 4 is 17.5 Å². The van der Waals surface area contributed by atoms with E-state index in [1.165, 1.54) is 0 Å². The van der Waals surface area contributed by atoms with Crippen molar-refractivity contribution in [3.8, 4) is 6.07 Å². The molecule has 35 heavy (non-hydrogen) atoms. The van der Waals surface area contributed by atoms with E-state index >= 15 is 4.39 Å². The maximum Gasteiger partial charge on any atom is 0.254 e. The number of hydrogen-bond donors (Lipinski definition) is 3. The number of halogens is 1. The number of benzene rings is 1. The van der Waals surface area contributed by atoms with E-state index in [0.29, 0.717) is 38.1 Å². The predicted octanol–water partition coefficient (Wildman–Crippen LogP) is 1.91. The number of carbonyl (C=O) groups is 2. The van der Waals surface area contributed by atoms with Crippen molar-refractivity contribution in [2.45, 2.75) is 76.0 Å². The van der Waals surface area contributed by atoms with Gasteiger partial charge in [-0.1, -0.05) is 0 Å². The van der Waals surface area contributed by atoms with Crippen molar-refractivity contribution in [2.75, 3.05) is 25.1 Å². The highest BCUT2D eigenvalue weighted by Crippen LogP contribution is 2.41.